The summed E-state index contributed by atoms with van der Waals surface area (Å²) in [6, 6.07) is 10.1. The van der Waals surface area contributed by atoms with Crippen molar-refractivity contribution in [3.8, 4) is 0 Å². The van der Waals surface area contributed by atoms with Gasteiger partial charge in [0.15, 0.2) is 0 Å². The van der Waals surface area contributed by atoms with Crippen LogP contribution in [0.1, 0.15) is 67.8 Å². The largest absolute Gasteiger partial charge is 0.417 e. The van der Waals surface area contributed by atoms with Gasteiger partial charge in [-0.2, -0.15) is 13.2 Å². The predicted molar refractivity (Wildman–Crippen MR) is 122 cm³/mol. The molecule has 1 fully saturated rings. The number of anilines is 1. The van der Waals surface area contributed by atoms with Crippen molar-refractivity contribution in [2.75, 3.05) is 11.3 Å². The van der Waals surface area contributed by atoms with Crippen molar-refractivity contribution in [1.82, 2.24) is 4.90 Å². The molecule has 0 aromatic heterocycles. The smallest absolute Gasteiger partial charge is 0.336 e. The summed E-state index contributed by atoms with van der Waals surface area (Å²) in [6.45, 7) is 2.60. The van der Waals surface area contributed by atoms with Crippen molar-refractivity contribution in [2.24, 2.45) is 0 Å². The highest BCUT2D eigenvalue weighted by Crippen LogP contribution is 2.34. The third-order valence-electron chi connectivity index (χ3n) is 5.83. The van der Waals surface area contributed by atoms with Gasteiger partial charge in [-0.25, -0.2) is 8.42 Å². The zero-order valence-electron chi connectivity index (χ0n) is 18.6. The quantitative estimate of drug-likeness (QED) is 0.486. The van der Waals surface area contributed by atoms with Crippen molar-refractivity contribution >= 4 is 21.6 Å². The minimum absolute atomic E-state index is 0.0372. The second kappa shape index (κ2) is 10.6. The van der Waals surface area contributed by atoms with E-state index in [-0.39, 0.29) is 17.6 Å². The molecule has 0 bridgehead atoms. The van der Waals surface area contributed by atoms with E-state index in [1.54, 1.807) is 6.07 Å². The molecule has 180 valence electrons. The van der Waals surface area contributed by atoms with Crippen LogP contribution in [0.25, 0.3) is 0 Å². The van der Waals surface area contributed by atoms with Crippen LogP contribution >= 0.6 is 0 Å². The van der Waals surface area contributed by atoms with Gasteiger partial charge in [-0.15, -0.1) is 0 Å². The molecule has 0 unspecified atom stereocenters. The number of hydrogen-bond donors (Lipinski definition) is 1. The molecule has 2 aromatic rings. The van der Waals surface area contributed by atoms with Crippen molar-refractivity contribution in [1.29, 1.82) is 0 Å². The maximum atomic E-state index is 13.3. The zero-order chi connectivity index (χ0) is 24.1. The molecule has 0 radical (unpaired) electrons. The molecule has 0 atom stereocenters. The van der Waals surface area contributed by atoms with Gasteiger partial charge in [0, 0.05) is 23.8 Å². The van der Waals surface area contributed by atoms with E-state index in [4.69, 9.17) is 0 Å². The Balaban J connectivity index is 1.87. The fourth-order valence-corrected chi connectivity index (χ4v) is 5.57. The summed E-state index contributed by atoms with van der Waals surface area (Å²) >= 11 is 0. The van der Waals surface area contributed by atoms with Crippen LogP contribution in [-0.4, -0.2) is 31.8 Å². The van der Waals surface area contributed by atoms with Gasteiger partial charge in [0.2, 0.25) is 0 Å². The summed E-state index contributed by atoms with van der Waals surface area (Å²) < 4.78 is 67.7. The first-order valence-electron chi connectivity index (χ1n) is 11.2. The van der Waals surface area contributed by atoms with Crippen LogP contribution in [0.2, 0.25) is 0 Å². The van der Waals surface area contributed by atoms with E-state index in [0.29, 0.717) is 12.1 Å². The highest BCUT2D eigenvalue weighted by Gasteiger charge is 2.37. The summed E-state index contributed by atoms with van der Waals surface area (Å²) in [5.41, 5.74) is -0.903. The predicted octanol–water partition coefficient (Wildman–Crippen LogP) is 6.08. The molecule has 33 heavy (non-hydrogen) atoms. The standard InChI is InChI=1S/C24H29F3N2O3S/c1-2-16-29(20-12-5-3-4-6-13-20)23(30)18-10-9-11-19(17-18)28-33(31,32)22-15-8-7-14-21(22)24(25,26)27/h7-11,14-15,17,20,28H,2-6,12-13,16H2,1H3. The Morgan fingerprint density at radius 3 is 2.33 bits per heavy atom. The molecule has 1 aliphatic rings. The van der Waals surface area contributed by atoms with Crippen molar-refractivity contribution in [2.45, 2.75) is 69.0 Å². The first-order valence-corrected chi connectivity index (χ1v) is 12.7. The molecule has 0 heterocycles. The van der Waals surface area contributed by atoms with Gasteiger partial charge in [-0.05, 0) is 49.6 Å². The fraction of sp³-hybridized carbons (Fsp3) is 0.458. The molecular weight excluding hydrogens is 453 g/mol. The number of halogens is 3. The Hall–Kier alpha value is -2.55. The lowest BCUT2D eigenvalue weighted by atomic mass is 10.0. The zero-order valence-corrected chi connectivity index (χ0v) is 19.4. The number of nitrogens with zero attached hydrogens (tertiary/aromatic N) is 1. The molecule has 9 heteroatoms. The van der Waals surface area contributed by atoms with E-state index in [1.807, 2.05) is 11.8 Å². The molecule has 5 nitrogen and oxygen atoms in total. The highest BCUT2D eigenvalue weighted by molar-refractivity contribution is 7.92. The van der Waals surface area contributed by atoms with E-state index >= 15 is 0 Å². The summed E-state index contributed by atoms with van der Waals surface area (Å²) in [4.78, 5) is 14.3. The summed E-state index contributed by atoms with van der Waals surface area (Å²) in [5.74, 6) is -0.194. The van der Waals surface area contributed by atoms with Crippen LogP contribution in [-0.2, 0) is 16.2 Å². The number of sulfonamides is 1. The lowest BCUT2D eigenvalue weighted by molar-refractivity contribution is -0.139. The van der Waals surface area contributed by atoms with E-state index in [0.717, 1.165) is 63.1 Å². The SMILES string of the molecule is CCCN(C(=O)c1cccc(NS(=O)(=O)c2ccccc2C(F)(F)F)c1)C1CCCCCC1. The number of amides is 1. The van der Waals surface area contributed by atoms with Gasteiger partial charge >= 0.3 is 6.18 Å². The molecule has 1 aliphatic carbocycles. The summed E-state index contributed by atoms with van der Waals surface area (Å²) in [6.07, 6.45) is 2.29. The Morgan fingerprint density at radius 1 is 1.03 bits per heavy atom. The number of nitrogens with one attached hydrogen (secondary N) is 1. The molecule has 0 saturated heterocycles. The lowest BCUT2D eigenvalue weighted by Crippen LogP contribution is -2.40. The number of rotatable bonds is 7. The van der Waals surface area contributed by atoms with Gasteiger partial charge in [-0.3, -0.25) is 9.52 Å². The van der Waals surface area contributed by atoms with Crippen molar-refractivity contribution in [3.63, 3.8) is 0 Å². The van der Waals surface area contributed by atoms with Crippen LogP contribution in [0.4, 0.5) is 18.9 Å². The lowest BCUT2D eigenvalue weighted by Gasteiger charge is -2.31. The Bertz CT molecular complexity index is 1060. The normalized spacial score (nSPS) is 15.6. The third-order valence-corrected chi connectivity index (χ3v) is 7.27. The van der Waals surface area contributed by atoms with Gasteiger partial charge in [0.05, 0.1) is 10.5 Å². The monoisotopic (exact) mass is 482 g/mol. The van der Waals surface area contributed by atoms with Crippen LogP contribution < -0.4 is 4.72 Å². The van der Waals surface area contributed by atoms with Crippen molar-refractivity contribution in [3.05, 3.63) is 59.7 Å². The minimum atomic E-state index is -4.82. The maximum absolute atomic E-state index is 13.3. The number of hydrogen-bond acceptors (Lipinski definition) is 3. The second-order valence-corrected chi connectivity index (χ2v) is 9.97. The molecule has 1 saturated carbocycles. The van der Waals surface area contributed by atoms with Crippen LogP contribution in [0.15, 0.2) is 53.4 Å². The number of carbonyl (C=O) groups is 1. The van der Waals surface area contributed by atoms with Gasteiger partial charge < -0.3 is 4.90 Å². The Morgan fingerprint density at radius 2 is 1.70 bits per heavy atom. The van der Waals surface area contributed by atoms with Crippen molar-refractivity contribution < 1.29 is 26.4 Å². The maximum Gasteiger partial charge on any atom is 0.417 e. The topological polar surface area (TPSA) is 66.5 Å². The van der Waals surface area contributed by atoms with E-state index < -0.39 is 26.7 Å². The minimum Gasteiger partial charge on any atom is -0.336 e. The Labute approximate surface area is 193 Å². The average Bonchev–Trinajstić information content (AvgIpc) is 3.06. The van der Waals surface area contributed by atoms with Crippen LogP contribution in [0, 0.1) is 0 Å². The number of benzene rings is 2. The highest BCUT2D eigenvalue weighted by atomic mass is 32.2. The molecule has 1 amide bonds. The third kappa shape index (κ3) is 6.28. The molecule has 0 spiro atoms. The van der Waals surface area contributed by atoms with E-state index in [2.05, 4.69) is 4.72 Å². The van der Waals surface area contributed by atoms with Gasteiger partial charge in [0.1, 0.15) is 0 Å². The summed E-state index contributed by atoms with van der Waals surface area (Å²) in [5, 5.41) is 0. The summed E-state index contributed by atoms with van der Waals surface area (Å²) in [7, 11) is -4.52. The molecule has 1 N–H and O–H groups in total. The Kier molecular flexibility index (Phi) is 8.05. The second-order valence-electron chi connectivity index (χ2n) is 8.32. The molecule has 3 rings (SSSR count). The number of carbonyl (C=O) groups excluding carboxylic acids is 1. The first kappa shape index (κ1) is 25.1. The molecule has 0 aliphatic heterocycles. The fourth-order valence-electron chi connectivity index (χ4n) is 4.29. The molecule has 2 aromatic carbocycles. The molecular formula is C24H29F3N2O3S. The van der Waals surface area contributed by atoms with Crippen LogP contribution in [0.5, 0.6) is 0 Å². The van der Waals surface area contributed by atoms with Gasteiger partial charge in [0.25, 0.3) is 15.9 Å². The number of alkyl halides is 3. The van der Waals surface area contributed by atoms with E-state index in [1.165, 1.54) is 24.3 Å². The van der Waals surface area contributed by atoms with E-state index in [9.17, 15) is 26.4 Å². The van der Waals surface area contributed by atoms with Gasteiger partial charge in [-0.1, -0.05) is 50.8 Å². The van der Waals surface area contributed by atoms with Crippen LogP contribution in [0.3, 0.4) is 0 Å². The first-order chi connectivity index (χ1) is 15.6. The average molecular weight is 483 g/mol.